The molecule has 0 bridgehead atoms. The third-order valence-corrected chi connectivity index (χ3v) is 4.75. The number of halogens is 2. The van der Waals surface area contributed by atoms with Crippen LogP contribution in [-0.2, 0) is 6.42 Å². The molecule has 0 N–H and O–H groups in total. The van der Waals surface area contributed by atoms with Crippen molar-refractivity contribution >= 4 is 38.5 Å². The molecule has 92 valence electrons. The summed E-state index contributed by atoms with van der Waals surface area (Å²) in [6.45, 7) is 4.43. The lowest BCUT2D eigenvalue weighted by Gasteiger charge is -2.11. The highest BCUT2D eigenvalue weighted by Gasteiger charge is 2.12. The summed E-state index contributed by atoms with van der Waals surface area (Å²) in [5, 5.41) is 1.77. The Bertz CT molecular complexity index is 504. The van der Waals surface area contributed by atoms with E-state index in [1.54, 1.807) is 0 Å². The molecule has 0 spiro atoms. The van der Waals surface area contributed by atoms with Gasteiger partial charge in [-0.3, -0.25) is 0 Å². The van der Waals surface area contributed by atoms with E-state index in [0.717, 1.165) is 29.6 Å². The van der Waals surface area contributed by atoms with Crippen LogP contribution < -0.4 is 0 Å². The highest BCUT2D eigenvalue weighted by molar-refractivity contribution is 9.09. The number of para-hydroxylation sites is 1. The molecule has 0 radical (unpaired) electrons. The monoisotopic (exact) mass is 314 g/mol. The molecule has 0 aliphatic rings. The van der Waals surface area contributed by atoms with Gasteiger partial charge in [-0.05, 0) is 24.5 Å². The van der Waals surface area contributed by atoms with Crippen LogP contribution in [0.1, 0.15) is 26.0 Å². The lowest BCUT2D eigenvalue weighted by molar-refractivity contribution is 0.511. The lowest BCUT2D eigenvalue weighted by atomic mass is 10.1. The molecule has 0 amide bonds. The number of benzene rings is 1. The molecule has 1 unspecified atom stereocenters. The zero-order valence-corrected chi connectivity index (χ0v) is 12.4. The van der Waals surface area contributed by atoms with Crippen molar-refractivity contribution in [3.05, 3.63) is 35.0 Å². The average molecular weight is 316 g/mol. The number of furan rings is 1. The fourth-order valence-corrected chi connectivity index (χ4v) is 2.27. The maximum atomic E-state index is 6.08. The predicted octanol–water partition coefficient (Wildman–Crippen LogP) is 5.44. The van der Waals surface area contributed by atoms with Crippen LogP contribution in [0.25, 0.3) is 11.0 Å². The summed E-state index contributed by atoms with van der Waals surface area (Å²) in [5.74, 6) is 1.65. The Labute approximate surface area is 115 Å². The van der Waals surface area contributed by atoms with E-state index in [1.807, 2.05) is 18.2 Å². The zero-order chi connectivity index (χ0) is 12.4. The van der Waals surface area contributed by atoms with Gasteiger partial charge in [0.15, 0.2) is 5.58 Å². The van der Waals surface area contributed by atoms with E-state index in [2.05, 4.69) is 35.8 Å². The molecular formula is C14H16BrClO. The van der Waals surface area contributed by atoms with Crippen molar-refractivity contribution in [1.82, 2.24) is 0 Å². The molecule has 0 fully saturated rings. The Balaban J connectivity index is 2.12. The van der Waals surface area contributed by atoms with Crippen molar-refractivity contribution in [1.29, 1.82) is 0 Å². The van der Waals surface area contributed by atoms with Gasteiger partial charge in [0, 0.05) is 16.6 Å². The van der Waals surface area contributed by atoms with Crippen LogP contribution in [0.5, 0.6) is 0 Å². The van der Waals surface area contributed by atoms with E-state index in [9.17, 15) is 0 Å². The molecule has 1 heterocycles. The molecule has 0 saturated carbocycles. The van der Waals surface area contributed by atoms with E-state index in [-0.39, 0.29) is 0 Å². The number of hydrogen-bond acceptors (Lipinski definition) is 1. The first-order valence-corrected chi connectivity index (χ1v) is 7.18. The Morgan fingerprint density at radius 2 is 2.12 bits per heavy atom. The van der Waals surface area contributed by atoms with Crippen molar-refractivity contribution in [3.63, 3.8) is 0 Å². The van der Waals surface area contributed by atoms with Crippen molar-refractivity contribution < 1.29 is 4.42 Å². The van der Waals surface area contributed by atoms with Crippen LogP contribution in [0.15, 0.2) is 28.7 Å². The van der Waals surface area contributed by atoms with Crippen molar-refractivity contribution in [3.8, 4) is 0 Å². The van der Waals surface area contributed by atoms with E-state index in [0.29, 0.717) is 15.8 Å². The summed E-state index contributed by atoms with van der Waals surface area (Å²) in [4.78, 5) is 0.534. The van der Waals surface area contributed by atoms with Gasteiger partial charge >= 0.3 is 0 Å². The molecule has 0 aliphatic heterocycles. The van der Waals surface area contributed by atoms with Crippen LogP contribution in [0.3, 0.4) is 0 Å². The summed E-state index contributed by atoms with van der Waals surface area (Å²) in [5.41, 5.74) is 0.805. The van der Waals surface area contributed by atoms with Crippen LogP contribution in [-0.4, -0.2) is 4.83 Å². The Morgan fingerprint density at radius 3 is 2.76 bits per heavy atom. The molecule has 2 rings (SSSR count). The smallest absolute Gasteiger partial charge is 0.152 e. The summed E-state index contributed by atoms with van der Waals surface area (Å²) in [7, 11) is 0. The van der Waals surface area contributed by atoms with E-state index >= 15 is 0 Å². The van der Waals surface area contributed by atoms with Gasteiger partial charge in [0.25, 0.3) is 0 Å². The molecule has 2 aromatic rings. The number of aryl methyl sites for hydroxylation is 1. The molecule has 3 heteroatoms. The summed E-state index contributed by atoms with van der Waals surface area (Å²) in [6, 6.07) is 7.92. The van der Waals surface area contributed by atoms with Gasteiger partial charge < -0.3 is 4.42 Å². The van der Waals surface area contributed by atoms with Gasteiger partial charge in [-0.2, -0.15) is 0 Å². The quantitative estimate of drug-likeness (QED) is 0.685. The first kappa shape index (κ1) is 13.0. The summed E-state index contributed by atoms with van der Waals surface area (Å²) in [6.07, 6.45) is 2.02. The first-order chi connectivity index (χ1) is 8.08. The third-order valence-electron chi connectivity index (χ3n) is 2.94. The summed E-state index contributed by atoms with van der Waals surface area (Å²) < 4.78 is 5.78. The van der Waals surface area contributed by atoms with Gasteiger partial charge in [-0.15, -0.1) is 0 Å². The second-order valence-corrected chi connectivity index (χ2v) is 6.25. The number of rotatable bonds is 4. The summed E-state index contributed by atoms with van der Waals surface area (Å²) >= 11 is 9.77. The van der Waals surface area contributed by atoms with Crippen LogP contribution >= 0.6 is 27.5 Å². The predicted molar refractivity (Wildman–Crippen MR) is 77.1 cm³/mol. The van der Waals surface area contributed by atoms with Crippen molar-refractivity contribution in [2.75, 3.05) is 0 Å². The Morgan fingerprint density at radius 1 is 1.35 bits per heavy atom. The minimum atomic E-state index is 0.534. The fraction of sp³-hybridized carbons (Fsp3) is 0.429. The van der Waals surface area contributed by atoms with E-state index in [1.165, 1.54) is 0 Å². The zero-order valence-electron chi connectivity index (χ0n) is 10.0. The Hall–Kier alpha value is -0.470. The van der Waals surface area contributed by atoms with Gasteiger partial charge in [-0.25, -0.2) is 0 Å². The second kappa shape index (κ2) is 5.45. The molecule has 1 aromatic carbocycles. The molecule has 0 saturated heterocycles. The Kier molecular flexibility index (Phi) is 4.16. The van der Waals surface area contributed by atoms with Crippen LogP contribution in [0, 0.1) is 5.92 Å². The largest absolute Gasteiger partial charge is 0.460 e. The minimum absolute atomic E-state index is 0.534. The third kappa shape index (κ3) is 3.05. The minimum Gasteiger partial charge on any atom is -0.460 e. The fourth-order valence-electron chi connectivity index (χ4n) is 1.82. The van der Waals surface area contributed by atoms with Crippen LogP contribution in [0.4, 0.5) is 0 Å². The van der Waals surface area contributed by atoms with Crippen molar-refractivity contribution in [2.45, 2.75) is 31.5 Å². The normalized spacial score (nSPS) is 13.5. The number of hydrogen-bond donors (Lipinski definition) is 0. The first-order valence-electron chi connectivity index (χ1n) is 5.89. The van der Waals surface area contributed by atoms with E-state index in [4.69, 9.17) is 16.0 Å². The van der Waals surface area contributed by atoms with Gasteiger partial charge in [0.2, 0.25) is 0 Å². The van der Waals surface area contributed by atoms with Crippen molar-refractivity contribution in [2.24, 2.45) is 5.92 Å². The highest BCUT2D eigenvalue weighted by Crippen LogP contribution is 2.28. The van der Waals surface area contributed by atoms with Gasteiger partial charge in [-0.1, -0.05) is 53.5 Å². The van der Waals surface area contributed by atoms with Gasteiger partial charge in [0.1, 0.15) is 5.76 Å². The maximum absolute atomic E-state index is 6.08. The second-order valence-electron chi connectivity index (χ2n) is 4.67. The molecule has 1 nitrogen and oxygen atoms in total. The van der Waals surface area contributed by atoms with Gasteiger partial charge in [0.05, 0.1) is 5.02 Å². The molecule has 1 atom stereocenters. The lowest BCUT2D eigenvalue weighted by Crippen LogP contribution is -2.07. The SMILES string of the molecule is CC(C)C(Br)CCc1cc2cccc(Cl)c2o1. The van der Waals surface area contributed by atoms with E-state index < -0.39 is 0 Å². The molecule has 17 heavy (non-hydrogen) atoms. The standard InChI is InChI=1S/C14H16BrClO/c1-9(2)12(15)7-6-11-8-10-4-3-5-13(16)14(10)17-11/h3-5,8-9,12H,6-7H2,1-2H3. The highest BCUT2D eigenvalue weighted by atomic mass is 79.9. The molecular weight excluding hydrogens is 300 g/mol. The topological polar surface area (TPSA) is 13.1 Å². The number of alkyl halides is 1. The molecule has 0 aliphatic carbocycles. The van der Waals surface area contributed by atoms with Crippen LogP contribution in [0.2, 0.25) is 5.02 Å². The molecule has 1 aromatic heterocycles. The number of fused-ring (bicyclic) bond motifs is 1. The average Bonchev–Trinajstić information content (AvgIpc) is 2.70. The maximum Gasteiger partial charge on any atom is 0.152 e.